The Morgan fingerprint density at radius 1 is 1.00 bits per heavy atom. The molecule has 8 nitrogen and oxygen atoms in total. The van der Waals surface area contributed by atoms with Gasteiger partial charge in [-0.05, 0) is 69.2 Å². The summed E-state index contributed by atoms with van der Waals surface area (Å²) >= 11 is 0. The zero-order chi connectivity index (χ0) is 24.7. The molecule has 2 aromatic carbocycles. The Hall–Kier alpha value is -3.04. The Balaban J connectivity index is 1.87. The fraction of sp³-hybridized carbons (Fsp3) is 0.400. The minimum absolute atomic E-state index is 0.124. The third-order valence-electron chi connectivity index (χ3n) is 5.38. The molecule has 0 unspecified atom stereocenters. The van der Waals surface area contributed by atoms with Gasteiger partial charge >= 0.3 is 0 Å². The summed E-state index contributed by atoms with van der Waals surface area (Å²) in [6.45, 7) is 4.72. The van der Waals surface area contributed by atoms with Crippen molar-refractivity contribution < 1.29 is 27.4 Å². The summed E-state index contributed by atoms with van der Waals surface area (Å²) in [5.41, 5.74) is 0.955. The number of methoxy groups -OCH3 is 2. The molecule has 1 N–H and O–H groups in total. The predicted molar refractivity (Wildman–Crippen MR) is 132 cm³/mol. The number of amides is 1. The van der Waals surface area contributed by atoms with Gasteiger partial charge in [-0.2, -0.15) is 4.31 Å². The zero-order valence-corrected chi connectivity index (χ0v) is 20.9. The zero-order valence-electron chi connectivity index (χ0n) is 20.0. The Morgan fingerprint density at radius 2 is 1.71 bits per heavy atom. The molecule has 0 radical (unpaired) electrons. The third kappa shape index (κ3) is 6.30. The van der Waals surface area contributed by atoms with Crippen LogP contribution >= 0.6 is 0 Å². The normalized spacial score (nSPS) is 14.9. The molecular formula is C25H32N2O6S. The van der Waals surface area contributed by atoms with Gasteiger partial charge in [-0.25, -0.2) is 8.42 Å². The molecule has 184 valence electrons. The maximum Gasteiger partial charge on any atom is 0.248 e. The molecule has 1 saturated heterocycles. The number of piperidine rings is 1. The number of rotatable bonds is 9. The number of sulfonamides is 1. The number of hydrogen-bond donors (Lipinski definition) is 1. The number of carbonyl (C=O) groups excluding carboxylic acids is 1. The first kappa shape index (κ1) is 25.6. The smallest absolute Gasteiger partial charge is 0.248 e. The highest BCUT2D eigenvalue weighted by Gasteiger charge is 2.27. The molecule has 1 aliphatic rings. The largest absolute Gasteiger partial charge is 0.497 e. The molecule has 0 bridgehead atoms. The number of carbonyl (C=O) groups is 1. The van der Waals surface area contributed by atoms with Crippen molar-refractivity contribution in [2.45, 2.75) is 44.1 Å². The van der Waals surface area contributed by atoms with Gasteiger partial charge in [-0.15, -0.1) is 0 Å². The van der Waals surface area contributed by atoms with Crippen LogP contribution in [0.25, 0.3) is 6.08 Å². The van der Waals surface area contributed by atoms with Crippen LogP contribution in [0.2, 0.25) is 0 Å². The van der Waals surface area contributed by atoms with Crippen molar-refractivity contribution in [3.8, 4) is 17.2 Å². The molecule has 1 amide bonds. The molecule has 0 aliphatic carbocycles. The number of nitrogens with one attached hydrogen (secondary N) is 1. The minimum atomic E-state index is -3.66. The first-order valence-electron chi connectivity index (χ1n) is 11.3. The standard InChI is InChI=1S/C25H32N2O6S/c1-18(2)33-24-12-10-21(34(29,30)27-14-6-5-7-15-27)17-22(24)26-25(28)13-8-19-16-20(31-3)9-11-23(19)32-4/h8-13,16-18H,5-7,14-15H2,1-4H3,(H,26,28)/b13-8+. The second-order valence-electron chi connectivity index (χ2n) is 8.22. The monoisotopic (exact) mass is 488 g/mol. The lowest BCUT2D eigenvalue weighted by Gasteiger charge is -2.26. The van der Waals surface area contributed by atoms with Crippen LogP contribution in [0, 0.1) is 0 Å². The average Bonchev–Trinajstić information content (AvgIpc) is 2.83. The first-order valence-corrected chi connectivity index (χ1v) is 12.7. The quantitative estimate of drug-likeness (QED) is 0.529. The van der Waals surface area contributed by atoms with E-state index < -0.39 is 15.9 Å². The summed E-state index contributed by atoms with van der Waals surface area (Å²) in [4.78, 5) is 12.9. The van der Waals surface area contributed by atoms with Gasteiger partial charge in [0.15, 0.2) is 0 Å². The summed E-state index contributed by atoms with van der Waals surface area (Å²) < 4.78 is 44.1. The van der Waals surface area contributed by atoms with Gasteiger partial charge in [0.25, 0.3) is 0 Å². The molecule has 1 heterocycles. The number of hydrogen-bond acceptors (Lipinski definition) is 6. The highest BCUT2D eigenvalue weighted by atomic mass is 32.2. The molecule has 0 atom stereocenters. The first-order chi connectivity index (χ1) is 16.2. The molecule has 0 aromatic heterocycles. The summed E-state index contributed by atoms with van der Waals surface area (Å²) in [5, 5.41) is 2.76. The number of ether oxygens (including phenoxy) is 3. The van der Waals surface area contributed by atoms with Crippen LogP contribution in [-0.2, 0) is 14.8 Å². The van der Waals surface area contributed by atoms with Crippen LogP contribution in [0.15, 0.2) is 47.4 Å². The summed E-state index contributed by atoms with van der Waals surface area (Å²) in [5.74, 6) is 1.17. The van der Waals surface area contributed by atoms with Gasteiger partial charge in [-0.3, -0.25) is 4.79 Å². The van der Waals surface area contributed by atoms with E-state index in [9.17, 15) is 13.2 Å². The third-order valence-corrected chi connectivity index (χ3v) is 7.27. The van der Waals surface area contributed by atoms with Crippen molar-refractivity contribution in [1.29, 1.82) is 0 Å². The van der Waals surface area contributed by atoms with Crippen molar-refractivity contribution in [2.75, 3.05) is 32.6 Å². The van der Waals surface area contributed by atoms with Crippen LogP contribution in [0.5, 0.6) is 17.2 Å². The Bertz CT molecular complexity index is 1140. The van der Waals surface area contributed by atoms with E-state index in [1.807, 2.05) is 13.8 Å². The predicted octanol–water partition coefficient (Wildman–Crippen LogP) is 4.32. The highest BCUT2D eigenvalue weighted by Crippen LogP contribution is 2.31. The topological polar surface area (TPSA) is 94.2 Å². The van der Waals surface area contributed by atoms with Crippen molar-refractivity contribution >= 4 is 27.7 Å². The Morgan fingerprint density at radius 3 is 2.35 bits per heavy atom. The van der Waals surface area contributed by atoms with Crippen molar-refractivity contribution in [3.05, 3.63) is 48.0 Å². The SMILES string of the molecule is COc1ccc(OC)c(/C=C/C(=O)Nc2cc(S(=O)(=O)N3CCCCC3)ccc2OC(C)C)c1. The van der Waals surface area contributed by atoms with Gasteiger partial charge in [-0.1, -0.05) is 6.42 Å². The van der Waals surface area contributed by atoms with E-state index in [0.717, 1.165) is 19.3 Å². The van der Waals surface area contributed by atoms with E-state index in [1.54, 1.807) is 44.6 Å². The van der Waals surface area contributed by atoms with Gasteiger partial charge < -0.3 is 19.5 Å². The van der Waals surface area contributed by atoms with Gasteiger partial charge in [0, 0.05) is 24.7 Å². The minimum Gasteiger partial charge on any atom is -0.497 e. The van der Waals surface area contributed by atoms with Gasteiger partial charge in [0.1, 0.15) is 17.2 Å². The fourth-order valence-electron chi connectivity index (χ4n) is 3.69. The summed E-state index contributed by atoms with van der Waals surface area (Å²) in [6.07, 6.45) is 5.51. The highest BCUT2D eigenvalue weighted by molar-refractivity contribution is 7.89. The number of benzene rings is 2. The van der Waals surface area contributed by atoms with Crippen LogP contribution in [0.4, 0.5) is 5.69 Å². The Labute approximate surface area is 201 Å². The van der Waals surface area contributed by atoms with E-state index in [0.29, 0.717) is 41.6 Å². The molecule has 1 fully saturated rings. The lowest BCUT2D eigenvalue weighted by atomic mass is 10.1. The van der Waals surface area contributed by atoms with Crippen molar-refractivity contribution in [1.82, 2.24) is 4.31 Å². The van der Waals surface area contributed by atoms with Crippen LogP contribution < -0.4 is 19.5 Å². The molecule has 1 aliphatic heterocycles. The lowest BCUT2D eigenvalue weighted by molar-refractivity contribution is -0.111. The van der Waals surface area contributed by atoms with Crippen LogP contribution in [0.1, 0.15) is 38.7 Å². The van der Waals surface area contributed by atoms with Gasteiger partial charge in [0.2, 0.25) is 15.9 Å². The maximum absolute atomic E-state index is 13.1. The van der Waals surface area contributed by atoms with Crippen molar-refractivity contribution in [2.24, 2.45) is 0 Å². The summed E-state index contributed by atoms with van der Waals surface area (Å²) in [7, 11) is -0.556. The average molecular weight is 489 g/mol. The Kier molecular flexibility index (Phi) is 8.57. The van der Waals surface area contributed by atoms with Crippen LogP contribution in [0.3, 0.4) is 0 Å². The summed E-state index contributed by atoms with van der Waals surface area (Å²) in [6, 6.07) is 9.83. The number of anilines is 1. The molecule has 34 heavy (non-hydrogen) atoms. The second-order valence-corrected chi connectivity index (χ2v) is 10.2. The molecular weight excluding hydrogens is 456 g/mol. The van der Waals surface area contributed by atoms with E-state index >= 15 is 0 Å². The van der Waals surface area contributed by atoms with Crippen LogP contribution in [-0.4, -0.2) is 52.0 Å². The van der Waals surface area contributed by atoms with Crippen molar-refractivity contribution in [3.63, 3.8) is 0 Å². The van der Waals surface area contributed by atoms with E-state index in [-0.39, 0.29) is 11.0 Å². The van der Waals surface area contributed by atoms with Gasteiger partial charge in [0.05, 0.1) is 30.9 Å². The lowest BCUT2D eigenvalue weighted by Crippen LogP contribution is -2.35. The molecule has 0 spiro atoms. The van der Waals surface area contributed by atoms with E-state index in [4.69, 9.17) is 14.2 Å². The molecule has 2 aromatic rings. The fourth-order valence-corrected chi connectivity index (χ4v) is 5.23. The molecule has 3 rings (SSSR count). The van der Waals surface area contributed by atoms with E-state index in [2.05, 4.69) is 5.32 Å². The molecule has 9 heteroatoms. The maximum atomic E-state index is 13.1. The van der Waals surface area contributed by atoms with E-state index in [1.165, 1.54) is 22.5 Å². The second kappa shape index (κ2) is 11.4. The number of nitrogens with zero attached hydrogens (tertiary/aromatic N) is 1. The molecule has 0 saturated carbocycles.